The van der Waals surface area contributed by atoms with Crippen molar-refractivity contribution in [3.05, 3.63) is 52.0 Å². The molecule has 3 rings (SSSR count). The molecule has 2 amide bonds. The Hall–Kier alpha value is -2.69. The van der Waals surface area contributed by atoms with Crippen molar-refractivity contribution in [1.29, 1.82) is 0 Å². The lowest BCUT2D eigenvalue weighted by molar-refractivity contribution is -0.140. The number of nitrogens with one attached hydrogen (secondary N) is 1. The molecule has 0 bridgehead atoms. The maximum atomic E-state index is 13.5. The summed E-state index contributed by atoms with van der Waals surface area (Å²) in [6.07, 6.45) is 2.10. The van der Waals surface area contributed by atoms with E-state index >= 15 is 0 Å². The minimum absolute atomic E-state index is 0.0166. The van der Waals surface area contributed by atoms with Crippen molar-refractivity contribution in [2.24, 2.45) is 0 Å². The van der Waals surface area contributed by atoms with Gasteiger partial charge in [0.1, 0.15) is 19.3 Å². The Labute approximate surface area is 240 Å². The second kappa shape index (κ2) is 13.6. The molecule has 0 fully saturated rings. The molecule has 0 aliphatic carbocycles. The van der Waals surface area contributed by atoms with Gasteiger partial charge in [-0.15, -0.1) is 0 Å². The van der Waals surface area contributed by atoms with Gasteiger partial charge in [0.15, 0.2) is 11.5 Å². The number of sulfonamides is 1. The summed E-state index contributed by atoms with van der Waals surface area (Å²) in [5.41, 5.74) is 1.06. The Morgan fingerprint density at radius 2 is 1.74 bits per heavy atom. The highest BCUT2D eigenvalue weighted by Gasteiger charge is 2.28. The van der Waals surface area contributed by atoms with Gasteiger partial charge in [0.2, 0.25) is 21.8 Å². The fraction of sp³-hybridized carbons (Fsp3) is 0.481. The Kier molecular flexibility index (Phi) is 10.7. The van der Waals surface area contributed by atoms with Gasteiger partial charge in [-0.05, 0) is 56.5 Å². The molecule has 0 saturated heterocycles. The molecule has 2 unspecified atom stereocenters. The van der Waals surface area contributed by atoms with Gasteiger partial charge < -0.3 is 19.7 Å². The second-order valence-electron chi connectivity index (χ2n) is 9.52. The third-order valence-electron chi connectivity index (χ3n) is 6.49. The first-order valence-electron chi connectivity index (χ1n) is 12.8. The number of fused-ring (bicyclic) bond motifs is 1. The zero-order chi connectivity index (χ0) is 28.7. The van der Waals surface area contributed by atoms with Gasteiger partial charge in [-0.25, -0.2) is 8.42 Å². The average molecular weight is 601 g/mol. The molecule has 214 valence electrons. The normalized spacial score (nSPS) is 14.3. The lowest BCUT2D eigenvalue weighted by atomic mass is 10.1. The number of hydrogen-bond acceptors (Lipinski definition) is 6. The van der Waals surface area contributed by atoms with Gasteiger partial charge >= 0.3 is 0 Å². The minimum Gasteiger partial charge on any atom is -0.486 e. The second-order valence-corrected chi connectivity index (χ2v) is 12.3. The summed E-state index contributed by atoms with van der Waals surface area (Å²) in [5, 5.41) is 3.77. The van der Waals surface area contributed by atoms with Crippen LogP contribution in [0.1, 0.15) is 45.6 Å². The first kappa shape index (κ1) is 30.8. The highest BCUT2D eigenvalue weighted by Crippen LogP contribution is 2.35. The minimum atomic E-state index is -3.65. The van der Waals surface area contributed by atoms with Crippen molar-refractivity contribution in [1.82, 2.24) is 10.2 Å². The number of hydrogen-bond donors (Lipinski definition) is 1. The Morgan fingerprint density at radius 3 is 2.38 bits per heavy atom. The molecule has 2 atom stereocenters. The number of carbonyl (C=O) groups excluding carboxylic acids is 2. The molecule has 1 aliphatic rings. The topological polar surface area (TPSA) is 105 Å². The van der Waals surface area contributed by atoms with Gasteiger partial charge in [0, 0.05) is 41.7 Å². The van der Waals surface area contributed by atoms with Gasteiger partial charge in [0.25, 0.3) is 0 Å². The molecule has 9 nitrogen and oxygen atoms in total. The maximum Gasteiger partial charge on any atom is 0.242 e. The van der Waals surface area contributed by atoms with E-state index in [9.17, 15) is 18.0 Å². The Bertz CT molecular complexity index is 1290. The summed E-state index contributed by atoms with van der Waals surface area (Å²) < 4.78 is 37.6. The van der Waals surface area contributed by atoms with E-state index < -0.39 is 16.1 Å². The van der Waals surface area contributed by atoms with Gasteiger partial charge in [-0.2, -0.15) is 0 Å². The fourth-order valence-corrected chi connectivity index (χ4v) is 5.50. The zero-order valence-corrected chi connectivity index (χ0v) is 24.9. The highest BCUT2D eigenvalue weighted by molar-refractivity contribution is 7.92. The van der Waals surface area contributed by atoms with E-state index in [0.29, 0.717) is 46.0 Å². The predicted molar refractivity (Wildman–Crippen MR) is 153 cm³/mol. The molecule has 1 heterocycles. The SMILES string of the molecule is CCC(C)NC(=O)C(C)N(Cc1ccc(Cl)cc1Cl)C(=O)CCCN(c1ccc2c(c1)OCCO2)S(C)(=O)=O. The monoisotopic (exact) mass is 599 g/mol. The summed E-state index contributed by atoms with van der Waals surface area (Å²) >= 11 is 12.4. The standard InChI is InChI=1S/C27H35Cl2N3O6S/c1-5-18(2)30-27(34)19(3)31(17-20-8-9-21(28)15-23(20)29)26(33)7-6-12-32(39(4,35)36)22-10-11-24-25(16-22)38-14-13-37-24/h8-11,15-16,18-19H,5-7,12-14,17H2,1-4H3,(H,30,34). The number of anilines is 1. The van der Waals surface area contributed by atoms with Crippen molar-refractivity contribution < 1.29 is 27.5 Å². The third-order valence-corrected chi connectivity index (χ3v) is 8.27. The predicted octanol–water partition coefficient (Wildman–Crippen LogP) is 4.64. The van der Waals surface area contributed by atoms with Crippen LogP contribution in [0.25, 0.3) is 0 Å². The van der Waals surface area contributed by atoms with Gasteiger partial charge in [0.05, 0.1) is 11.9 Å². The average Bonchev–Trinajstić information content (AvgIpc) is 2.89. The largest absolute Gasteiger partial charge is 0.486 e. The van der Waals surface area contributed by atoms with Crippen LogP contribution in [0.2, 0.25) is 10.0 Å². The molecule has 1 N–H and O–H groups in total. The van der Waals surface area contributed by atoms with Crippen molar-refractivity contribution in [3.8, 4) is 11.5 Å². The molecule has 0 spiro atoms. The summed E-state index contributed by atoms with van der Waals surface area (Å²) in [7, 11) is -3.65. The first-order valence-corrected chi connectivity index (χ1v) is 15.4. The number of amides is 2. The number of rotatable bonds is 12. The van der Waals surface area contributed by atoms with Crippen LogP contribution < -0.4 is 19.1 Å². The van der Waals surface area contributed by atoms with Crippen LogP contribution in [0.3, 0.4) is 0 Å². The van der Waals surface area contributed by atoms with E-state index in [1.54, 1.807) is 43.3 Å². The smallest absolute Gasteiger partial charge is 0.242 e. The highest BCUT2D eigenvalue weighted by atomic mass is 35.5. The molecule has 0 radical (unpaired) electrons. The van der Waals surface area contributed by atoms with E-state index in [1.165, 1.54) is 9.21 Å². The van der Waals surface area contributed by atoms with E-state index in [4.69, 9.17) is 32.7 Å². The molecule has 0 aromatic heterocycles. The van der Waals surface area contributed by atoms with E-state index in [1.807, 2.05) is 13.8 Å². The number of halogens is 2. The van der Waals surface area contributed by atoms with E-state index in [0.717, 1.165) is 12.7 Å². The molecule has 2 aromatic carbocycles. The summed E-state index contributed by atoms with van der Waals surface area (Å²) in [4.78, 5) is 27.9. The van der Waals surface area contributed by atoms with Crippen LogP contribution >= 0.6 is 23.2 Å². The van der Waals surface area contributed by atoms with Crippen LogP contribution in [0.4, 0.5) is 5.69 Å². The zero-order valence-electron chi connectivity index (χ0n) is 22.6. The van der Waals surface area contributed by atoms with Crippen molar-refractivity contribution in [3.63, 3.8) is 0 Å². The molecular formula is C27H35Cl2N3O6S. The molecule has 12 heteroatoms. The quantitative estimate of drug-likeness (QED) is 0.381. The summed E-state index contributed by atoms with van der Waals surface area (Å²) in [5.74, 6) is 0.436. The molecular weight excluding hydrogens is 565 g/mol. The third kappa shape index (κ3) is 8.40. The molecule has 2 aromatic rings. The summed E-state index contributed by atoms with van der Waals surface area (Å²) in [6.45, 7) is 6.48. The molecule has 1 aliphatic heterocycles. The van der Waals surface area contributed by atoms with Crippen molar-refractivity contribution >= 4 is 50.7 Å². The van der Waals surface area contributed by atoms with Crippen molar-refractivity contribution in [2.45, 2.75) is 58.7 Å². The maximum absolute atomic E-state index is 13.5. The van der Waals surface area contributed by atoms with Gasteiger partial charge in [-0.3, -0.25) is 13.9 Å². The van der Waals surface area contributed by atoms with Crippen LogP contribution in [-0.2, 0) is 26.2 Å². The number of carbonyl (C=O) groups is 2. The lowest BCUT2D eigenvalue weighted by Crippen LogP contribution is -2.49. The number of nitrogens with zero attached hydrogens (tertiary/aromatic N) is 2. The van der Waals surface area contributed by atoms with Crippen LogP contribution in [0, 0.1) is 0 Å². The van der Waals surface area contributed by atoms with Crippen LogP contribution in [0.15, 0.2) is 36.4 Å². The van der Waals surface area contributed by atoms with Crippen LogP contribution in [-0.4, -0.2) is 63.2 Å². The Morgan fingerprint density at radius 1 is 1.05 bits per heavy atom. The summed E-state index contributed by atoms with van der Waals surface area (Å²) in [6, 6.07) is 9.09. The molecule has 0 saturated carbocycles. The van der Waals surface area contributed by atoms with Crippen LogP contribution in [0.5, 0.6) is 11.5 Å². The number of ether oxygens (including phenoxy) is 2. The van der Waals surface area contributed by atoms with Crippen molar-refractivity contribution in [2.75, 3.05) is 30.3 Å². The lowest BCUT2D eigenvalue weighted by Gasteiger charge is -2.30. The first-order chi connectivity index (χ1) is 18.4. The Balaban J connectivity index is 1.76. The fourth-order valence-electron chi connectivity index (χ4n) is 4.07. The number of benzene rings is 2. The van der Waals surface area contributed by atoms with E-state index in [2.05, 4.69) is 5.32 Å². The molecule has 39 heavy (non-hydrogen) atoms. The van der Waals surface area contributed by atoms with E-state index in [-0.39, 0.29) is 43.8 Å². The van der Waals surface area contributed by atoms with Gasteiger partial charge in [-0.1, -0.05) is 36.2 Å².